The van der Waals surface area contributed by atoms with Crippen molar-refractivity contribution in [3.63, 3.8) is 0 Å². The zero-order chi connectivity index (χ0) is 19.6. The van der Waals surface area contributed by atoms with Crippen molar-refractivity contribution in [1.82, 2.24) is 5.32 Å². The number of ether oxygens (including phenoxy) is 1. The molecule has 0 aliphatic carbocycles. The molecule has 1 aromatic rings. The second-order valence-corrected chi connectivity index (χ2v) is 6.85. The molecule has 1 N–H and O–H groups in total. The van der Waals surface area contributed by atoms with Gasteiger partial charge in [0.1, 0.15) is 5.60 Å². The van der Waals surface area contributed by atoms with Gasteiger partial charge in [-0.2, -0.15) is 0 Å². The Morgan fingerprint density at radius 1 is 1.23 bits per heavy atom. The molecule has 0 unspecified atom stereocenters. The molecule has 1 atom stereocenters. The van der Waals surface area contributed by atoms with Crippen LogP contribution in [0.1, 0.15) is 56.8 Å². The number of amides is 1. The summed E-state index contributed by atoms with van der Waals surface area (Å²) in [6.45, 7) is 9.26. The Kier molecular flexibility index (Phi) is 8.76. The number of carbonyl (C=O) groups excluding carboxylic acids is 3. The van der Waals surface area contributed by atoms with Gasteiger partial charge in [0.15, 0.2) is 5.78 Å². The lowest BCUT2D eigenvalue weighted by Crippen LogP contribution is -2.35. The molecule has 5 heteroatoms. The third-order valence-corrected chi connectivity index (χ3v) is 4.28. The molecule has 0 radical (unpaired) electrons. The highest BCUT2D eigenvalue weighted by Crippen LogP contribution is 2.18. The second-order valence-electron chi connectivity index (χ2n) is 6.85. The molecule has 5 nitrogen and oxygen atoms in total. The molecular formula is C21H29NO4. The molecule has 26 heavy (non-hydrogen) atoms. The summed E-state index contributed by atoms with van der Waals surface area (Å²) in [6, 6.07) is 8.80. The molecular weight excluding hydrogens is 330 g/mol. The highest BCUT2D eigenvalue weighted by atomic mass is 16.6. The van der Waals surface area contributed by atoms with Crippen LogP contribution < -0.4 is 5.32 Å². The Labute approximate surface area is 155 Å². The zero-order valence-corrected chi connectivity index (χ0v) is 15.9. The number of benzene rings is 1. The number of carbonyl (C=O) groups is 3. The summed E-state index contributed by atoms with van der Waals surface area (Å²) in [5.74, 6) is -1.13. The molecule has 0 spiro atoms. The van der Waals surface area contributed by atoms with Gasteiger partial charge < -0.3 is 10.1 Å². The highest BCUT2D eigenvalue weighted by molar-refractivity contribution is 5.99. The van der Waals surface area contributed by atoms with E-state index in [-0.39, 0.29) is 30.6 Å². The minimum absolute atomic E-state index is 0.0657. The predicted octanol–water partition coefficient (Wildman–Crippen LogP) is 3.69. The van der Waals surface area contributed by atoms with E-state index in [1.165, 1.54) is 0 Å². The molecule has 1 aromatic carbocycles. The van der Waals surface area contributed by atoms with E-state index >= 15 is 0 Å². The smallest absolute Gasteiger partial charge is 0.306 e. The third kappa shape index (κ3) is 7.64. The van der Waals surface area contributed by atoms with Crippen LogP contribution in [-0.4, -0.2) is 29.8 Å². The summed E-state index contributed by atoms with van der Waals surface area (Å²) in [6.07, 6.45) is 3.31. The summed E-state index contributed by atoms with van der Waals surface area (Å²) < 4.78 is 5.40. The van der Waals surface area contributed by atoms with Crippen LogP contribution in [0.5, 0.6) is 0 Å². The van der Waals surface area contributed by atoms with E-state index in [0.29, 0.717) is 18.4 Å². The molecule has 0 heterocycles. The number of Topliss-reactive ketones (excluding diaryl/α,β-unsaturated/α-hetero) is 1. The van der Waals surface area contributed by atoms with Gasteiger partial charge in [-0.15, -0.1) is 6.58 Å². The fourth-order valence-electron chi connectivity index (χ4n) is 2.32. The van der Waals surface area contributed by atoms with E-state index in [4.69, 9.17) is 4.74 Å². The summed E-state index contributed by atoms with van der Waals surface area (Å²) in [5.41, 5.74) is 0.0495. The highest BCUT2D eigenvalue weighted by Gasteiger charge is 2.23. The molecule has 0 saturated heterocycles. The van der Waals surface area contributed by atoms with Gasteiger partial charge in [-0.05, 0) is 33.1 Å². The van der Waals surface area contributed by atoms with Gasteiger partial charge >= 0.3 is 5.97 Å². The van der Waals surface area contributed by atoms with Crippen LogP contribution in [0.2, 0.25) is 0 Å². The lowest BCUT2D eigenvalue weighted by atomic mass is 9.98. The molecule has 0 bridgehead atoms. The summed E-state index contributed by atoms with van der Waals surface area (Å²) >= 11 is 0. The van der Waals surface area contributed by atoms with Gasteiger partial charge in [0.2, 0.25) is 5.91 Å². The number of hydrogen-bond donors (Lipinski definition) is 1. The standard InChI is InChI=1S/C21H29NO4/c1-5-10-17(13-14-19(24)26-21(3,4)6-2)20(25)22-15-18(23)16-11-8-7-9-12-16/h5,7-9,11-12,17H,1,6,10,13-15H2,2-4H3,(H,22,25)/t17-/m1/s1. The zero-order valence-electron chi connectivity index (χ0n) is 15.9. The predicted molar refractivity (Wildman–Crippen MR) is 102 cm³/mol. The molecule has 1 rings (SSSR count). The van der Waals surface area contributed by atoms with Gasteiger partial charge in [-0.25, -0.2) is 0 Å². The lowest BCUT2D eigenvalue weighted by Gasteiger charge is -2.23. The van der Waals surface area contributed by atoms with E-state index in [1.54, 1.807) is 30.3 Å². The van der Waals surface area contributed by atoms with E-state index in [0.717, 1.165) is 6.42 Å². The first-order valence-corrected chi connectivity index (χ1v) is 8.97. The van der Waals surface area contributed by atoms with Crippen molar-refractivity contribution < 1.29 is 19.1 Å². The SMILES string of the molecule is C=CC[C@H](CCC(=O)OC(C)(C)CC)C(=O)NCC(=O)c1ccccc1. The molecule has 142 valence electrons. The average molecular weight is 359 g/mol. The Hall–Kier alpha value is -2.43. The Morgan fingerprint density at radius 3 is 2.46 bits per heavy atom. The van der Waals surface area contributed by atoms with Crippen LogP contribution in [0.25, 0.3) is 0 Å². The fraction of sp³-hybridized carbons (Fsp3) is 0.476. The van der Waals surface area contributed by atoms with Crippen LogP contribution >= 0.6 is 0 Å². The van der Waals surface area contributed by atoms with Crippen LogP contribution in [0.3, 0.4) is 0 Å². The Balaban J connectivity index is 2.52. The van der Waals surface area contributed by atoms with E-state index in [9.17, 15) is 14.4 Å². The molecule has 0 fully saturated rings. The number of ketones is 1. The van der Waals surface area contributed by atoms with Crippen molar-refractivity contribution in [2.24, 2.45) is 5.92 Å². The Morgan fingerprint density at radius 2 is 1.88 bits per heavy atom. The molecule has 0 aliphatic rings. The van der Waals surface area contributed by atoms with Crippen molar-refractivity contribution in [3.8, 4) is 0 Å². The maximum atomic E-state index is 12.4. The quantitative estimate of drug-likeness (QED) is 0.371. The number of hydrogen-bond acceptors (Lipinski definition) is 4. The van der Waals surface area contributed by atoms with Gasteiger partial charge in [-0.3, -0.25) is 14.4 Å². The second kappa shape index (κ2) is 10.5. The largest absolute Gasteiger partial charge is 0.460 e. The third-order valence-electron chi connectivity index (χ3n) is 4.28. The first-order chi connectivity index (χ1) is 12.3. The van der Waals surface area contributed by atoms with Crippen LogP contribution in [-0.2, 0) is 14.3 Å². The fourth-order valence-corrected chi connectivity index (χ4v) is 2.32. The van der Waals surface area contributed by atoms with Crippen LogP contribution in [0.4, 0.5) is 0 Å². The van der Waals surface area contributed by atoms with Crippen molar-refractivity contribution in [1.29, 1.82) is 0 Å². The van der Waals surface area contributed by atoms with Crippen molar-refractivity contribution in [3.05, 3.63) is 48.6 Å². The topological polar surface area (TPSA) is 72.5 Å². The van der Waals surface area contributed by atoms with Crippen LogP contribution in [0, 0.1) is 5.92 Å². The maximum Gasteiger partial charge on any atom is 0.306 e. The normalized spacial score (nSPS) is 12.1. The minimum atomic E-state index is -0.505. The van der Waals surface area contributed by atoms with Gasteiger partial charge in [-0.1, -0.05) is 43.3 Å². The lowest BCUT2D eigenvalue weighted by molar-refractivity contribution is -0.157. The molecule has 0 saturated carbocycles. The number of rotatable bonds is 11. The minimum Gasteiger partial charge on any atom is -0.460 e. The molecule has 0 aliphatic heterocycles. The molecule has 1 amide bonds. The maximum absolute atomic E-state index is 12.4. The number of nitrogens with one attached hydrogen (secondary N) is 1. The van der Waals surface area contributed by atoms with E-state index < -0.39 is 11.5 Å². The Bertz CT molecular complexity index is 622. The van der Waals surface area contributed by atoms with Crippen LogP contribution in [0.15, 0.2) is 43.0 Å². The summed E-state index contributed by atoms with van der Waals surface area (Å²) in [4.78, 5) is 36.4. The molecule has 0 aromatic heterocycles. The van der Waals surface area contributed by atoms with E-state index in [1.807, 2.05) is 26.8 Å². The monoisotopic (exact) mass is 359 g/mol. The van der Waals surface area contributed by atoms with Crippen molar-refractivity contribution >= 4 is 17.7 Å². The number of esters is 1. The van der Waals surface area contributed by atoms with Gasteiger partial charge in [0.05, 0.1) is 6.54 Å². The van der Waals surface area contributed by atoms with E-state index in [2.05, 4.69) is 11.9 Å². The summed E-state index contributed by atoms with van der Waals surface area (Å²) in [5, 5.41) is 2.66. The van der Waals surface area contributed by atoms with Gasteiger partial charge in [0.25, 0.3) is 0 Å². The summed E-state index contributed by atoms with van der Waals surface area (Å²) in [7, 11) is 0. The van der Waals surface area contributed by atoms with Crippen molar-refractivity contribution in [2.45, 2.75) is 52.1 Å². The first-order valence-electron chi connectivity index (χ1n) is 8.97. The number of allylic oxidation sites excluding steroid dienone is 1. The average Bonchev–Trinajstić information content (AvgIpc) is 2.63. The van der Waals surface area contributed by atoms with Crippen molar-refractivity contribution in [2.75, 3.05) is 6.54 Å². The first kappa shape index (κ1) is 21.6. The van der Waals surface area contributed by atoms with Gasteiger partial charge in [0, 0.05) is 17.9 Å².